The van der Waals surface area contributed by atoms with E-state index in [-0.39, 0.29) is 19.0 Å². The van der Waals surface area contributed by atoms with E-state index in [1.54, 1.807) is 18.2 Å². The number of benzene rings is 2. The number of nitrogens with zero attached hydrogens (tertiary/aromatic N) is 2. The van der Waals surface area contributed by atoms with Crippen LogP contribution in [0, 0.1) is 6.92 Å². The molecule has 0 aliphatic heterocycles. The van der Waals surface area contributed by atoms with Crippen molar-refractivity contribution in [2.45, 2.75) is 20.0 Å². The number of para-hydroxylation sites is 1. The van der Waals surface area contributed by atoms with E-state index in [1.807, 2.05) is 25.1 Å². The Morgan fingerprint density at radius 2 is 2.19 bits per heavy atom. The van der Waals surface area contributed by atoms with Crippen LogP contribution in [-0.2, 0) is 17.9 Å². The van der Waals surface area contributed by atoms with Gasteiger partial charge in [-0.3, -0.25) is 9.36 Å². The SMILES string of the molecule is Cc1cccc2[nH]c(CNC(=O)Cn3c(=O)oc4ccc(Cl)cc43)nc12. The number of oxazole rings is 1. The number of hydrogen-bond acceptors (Lipinski definition) is 4. The molecule has 2 aromatic heterocycles. The van der Waals surface area contributed by atoms with Gasteiger partial charge in [0.15, 0.2) is 5.58 Å². The minimum atomic E-state index is -0.600. The molecule has 4 rings (SSSR count). The van der Waals surface area contributed by atoms with Crippen molar-refractivity contribution in [2.75, 3.05) is 0 Å². The van der Waals surface area contributed by atoms with E-state index in [2.05, 4.69) is 15.3 Å². The second-order valence-electron chi connectivity index (χ2n) is 6.00. The second kappa shape index (κ2) is 6.34. The van der Waals surface area contributed by atoms with Gasteiger partial charge >= 0.3 is 5.76 Å². The van der Waals surface area contributed by atoms with Crippen molar-refractivity contribution in [3.05, 3.63) is 63.4 Å². The fraction of sp³-hybridized carbons (Fsp3) is 0.167. The van der Waals surface area contributed by atoms with Gasteiger partial charge in [-0.15, -0.1) is 0 Å². The predicted octanol–water partition coefficient (Wildman–Crippen LogP) is 2.75. The first-order valence-electron chi connectivity index (χ1n) is 8.01. The molecule has 2 aromatic carbocycles. The zero-order valence-electron chi connectivity index (χ0n) is 13.9. The number of carbonyl (C=O) groups is 1. The summed E-state index contributed by atoms with van der Waals surface area (Å²) in [5.74, 6) is -0.279. The number of H-pyrrole nitrogens is 1. The highest BCUT2D eigenvalue weighted by Crippen LogP contribution is 2.18. The Hall–Kier alpha value is -3.06. The Kier molecular flexibility index (Phi) is 4.00. The summed E-state index contributed by atoms with van der Waals surface area (Å²) in [7, 11) is 0. The number of hydrogen-bond donors (Lipinski definition) is 2. The van der Waals surface area contributed by atoms with Gasteiger partial charge in [0.05, 0.1) is 23.1 Å². The minimum absolute atomic E-state index is 0.161. The number of halogens is 1. The molecule has 7 nitrogen and oxygen atoms in total. The molecule has 0 aliphatic rings. The first-order chi connectivity index (χ1) is 12.5. The summed E-state index contributed by atoms with van der Waals surface area (Å²) >= 11 is 5.96. The van der Waals surface area contributed by atoms with Gasteiger partial charge in [0.25, 0.3) is 0 Å². The lowest BCUT2D eigenvalue weighted by Gasteiger charge is -2.04. The van der Waals surface area contributed by atoms with Crippen LogP contribution >= 0.6 is 11.6 Å². The monoisotopic (exact) mass is 370 g/mol. The van der Waals surface area contributed by atoms with E-state index in [4.69, 9.17) is 16.0 Å². The summed E-state index contributed by atoms with van der Waals surface area (Å²) < 4.78 is 6.37. The highest BCUT2D eigenvalue weighted by molar-refractivity contribution is 6.31. The molecule has 0 saturated carbocycles. The molecule has 4 aromatic rings. The number of amides is 1. The van der Waals surface area contributed by atoms with E-state index >= 15 is 0 Å². The normalized spacial score (nSPS) is 11.3. The van der Waals surface area contributed by atoms with Crippen molar-refractivity contribution in [3.8, 4) is 0 Å². The number of nitrogens with one attached hydrogen (secondary N) is 2. The summed E-state index contributed by atoms with van der Waals surface area (Å²) in [5.41, 5.74) is 3.73. The lowest BCUT2D eigenvalue weighted by Crippen LogP contribution is -2.30. The number of fused-ring (bicyclic) bond motifs is 2. The van der Waals surface area contributed by atoms with Gasteiger partial charge in [0.1, 0.15) is 12.4 Å². The standard InChI is InChI=1S/C18H15ClN4O3/c1-10-3-2-4-12-17(10)22-15(21-12)8-20-16(24)9-23-13-7-11(19)5-6-14(13)26-18(23)25/h2-7H,8-9H2,1H3,(H,20,24)(H,21,22). The van der Waals surface area contributed by atoms with E-state index in [1.165, 1.54) is 4.57 Å². The van der Waals surface area contributed by atoms with Crippen molar-refractivity contribution in [1.29, 1.82) is 0 Å². The van der Waals surface area contributed by atoms with Gasteiger partial charge in [0.2, 0.25) is 5.91 Å². The molecule has 2 heterocycles. The van der Waals surface area contributed by atoms with Crippen molar-refractivity contribution < 1.29 is 9.21 Å². The van der Waals surface area contributed by atoms with Gasteiger partial charge in [-0.1, -0.05) is 23.7 Å². The van der Waals surface area contributed by atoms with Gasteiger partial charge < -0.3 is 14.7 Å². The highest BCUT2D eigenvalue weighted by Gasteiger charge is 2.13. The van der Waals surface area contributed by atoms with Gasteiger partial charge in [0, 0.05) is 5.02 Å². The number of aryl methyl sites for hydroxylation is 1. The predicted molar refractivity (Wildman–Crippen MR) is 98.2 cm³/mol. The molecule has 0 atom stereocenters. The van der Waals surface area contributed by atoms with Crippen LogP contribution in [0.15, 0.2) is 45.6 Å². The van der Waals surface area contributed by atoms with E-state index in [0.29, 0.717) is 21.9 Å². The Labute approximate surface area is 152 Å². The topological polar surface area (TPSA) is 92.9 Å². The van der Waals surface area contributed by atoms with E-state index in [9.17, 15) is 9.59 Å². The van der Waals surface area contributed by atoms with Crippen molar-refractivity contribution in [2.24, 2.45) is 0 Å². The molecular formula is C18H15ClN4O3. The fourth-order valence-electron chi connectivity index (χ4n) is 2.88. The largest absolute Gasteiger partial charge is 0.420 e. The van der Waals surface area contributed by atoms with Crippen molar-refractivity contribution in [3.63, 3.8) is 0 Å². The van der Waals surface area contributed by atoms with Crippen molar-refractivity contribution >= 4 is 39.6 Å². The zero-order chi connectivity index (χ0) is 18.3. The van der Waals surface area contributed by atoms with Crippen LogP contribution in [0.2, 0.25) is 5.02 Å². The first-order valence-corrected chi connectivity index (χ1v) is 8.39. The van der Waals surface area contributed by atoms with Crippen LogP contribution in [0.1, 0.15) is 11.4 Å². The number of carbonyl (C=O) groups excluding carboxylic acids is 1. The maximum atomic E-state index is 12.3. The fourth-order valence-corrected chi connectivity index (χ4v) is 3.04. The molecule has 8 heteroatoms. The van der Waals surface area contributed by atoms with Crippen LogP contribution in [0.3, 0.4) is 0 Å². The van der Waals surface area contributed by atoms with Gasteiger partial charge in [-0.05, 0) is 36.8 Å². The maximum absolute atomic E-state index is 12.3. The minimum Gasteiger partial charge on any atom is -0.408 e. The Morgan fingerprint density at radius 1 is 1.35 bits per heavy atom. The van der Waals surface area contributed by atoms with Gasteiger partial charge in [-0.2, -0.15) is 0 Å². The van der Waals surface area contributed by atoms with Crippen LogP contribution < -0.4 is 11.1 Å². The molecular weight excluding hydrogens is 356 g/mol. The maximum Gasteiger partial charge on any atom is 0.420 e. The molecule has 132 valence electrons. The molecule has 0 unspecified atom stereocenters. The summed E-state index contributed by atoms with van der Waals surface area (Å²) in [6.07, 6.45) is 0. The Balaban J connectivity index is 1.50. The Bertz CT molecular complexity index is 1190. The average Bonchev–Trinajstić information content (AvgIpc) is 3.16. The van der Waals surface area contributed by atoms with Crippen LogP contribution in [-0.4, -0.2) is 20.4 Å². The average molecular weight is 371 g/mol. The smallest absolute Gasteiger partial charge is 0.408 e. The molecule has 26 heavy (non-hydrogen) atoms. The van der Waals surface area contributed by atoms with Crippen LogP contribution in [0.25, 0.3) is 22.1 Å². The third kappa shape index (κ3) is 2.97. The summed E-state index contributed by atoms with van der Waals surface area (Å²) in [6, 6.07) is 10.7. The Morgan fingerprint density at radius 3 is 3.00 bits per heavy atom. The first kappa shape index (κ1) is 16.4. The molecule has 0 fully saturated rings. The number of aromatic amines is 1. The summed E-state index contributed by atoms with van der Waals surface area (Å²) in [4.78, 5) is 31.9. The summed E-state index contributed by atoms with van der Waals surface area (Å²) in [5, 5.41) is 3.22. The molecule has 0 radical (unpaired) electrons. The number of aromatic nitrogens is 3. The highest BCUT2D eigenvalue weighted by atomic mass is 35.5. The lowest BCUT2D eigenvalue weighted by molar-refractivity contribution is -0.121. The molecule has 0 aliphatic carbocycles. The quantitative estimate of drug-likeness (QED) is 0.577. The molecule has 0 spiro atoms. The lowest BCUT2D eigenvalue weighted by atomic mass is 10.2. The van der Waals surface area contributed by atoms with Crippen LogP contribution in [0.5, 0.6) is 0 Å². The molecule has 0 saturated heterocycles. The molecule has 2 N–H and O–H groups in total. The second-order valence-corrected chi connectivity index (χ2v) is 6.43. The van der Waals surface area contributed by atoms with Crippen LogP contribution in [0.4, 0.5) is 0 Å². The van der Waals surface area contributed by atoms with Gasteiger partial charge in [-0.25, -0.2) is 9.78 Å². The third-order valence-corrected chi connectivity index (χ3v) is 4.38. The molecule has 1 amide bonds. The van der Waals surface area contributed by atoms with Crippen molar-refractivity contribution in [1.82, 2.24) is 19.9 Å². The van der Waals surface area contributed by atoms with E-state index < -0.39 is 5.76 Å². The third-order valence-electron chi connectivity index (χ3n) is 4.15. The number of rotatable bonds is 4. The summed E-state index contributed by atoms with van der Waals surface area (Å²) in [6.45, 7) is 2.05. The molecule has 0 bridgehead atoms. The zero-order valence-corrected chi connectivity index (χ0v) is 14.6. The number of imidazole rings is 1. The van der Waals surface area contributed by atoms with E-state index in [0.717, 1.165) is 16.6 Å².